The summed E-state index contributed by atoms with van der Waals surface area (Å²) in [6.07, 6.45) is 1.42. The molecule has 0 fully saturated rings. The predicted octanol–water partition coefficient (Wildman–Crippen LogP) is 3.04. The van der Waals surface area contributed by atoms with Crippen LogP contribution in [0, 0.1) is 11.3 Å². The van der Waals surface area contributed by atoms with Gasteiger partial charge in [0.2, 0.25) is 0 Å². The molecule has 0 amide bonds. The summed E-state index contributed by atoms with van der Waals surface area (Å²) < 4.78 is 5.95. The molecule has 0 N–H and O–H groups in total. The first-order valence-corrected chi connectivity index (χ1v) is 5.07. The van der Waals surface area contributed by atoms with E-state index in [1.165, 1.54) is 17.5 Å². The monoisotopic (exact) mass is 254 g/mol. The minimum Gasteiger partial charge on any atom is -0.354 e. The fourth-order valence-corrected chi connectivity index (χ4v) is 2.35. The molecule has 5 heteroatoms. The van der Waals surface area contributed by atoms with Gasteiger partial charge in [-0.15, -0.1) is 11.3 Å². The third kappa shape index (κ3) is 1.50. The molecule has 0 aliphatic rings. The molecule has 3 nitrogen and oxygen atoms in total. The van der Waals surface area contributed by atoms with Gasteiger partial charge in [-0.3, -0.25) is 0 Å². The molecule has 0 spiro atoms. The van der Waals surface area contributed by atoms with Gasteiger partial charge in [-0.25, -0.2) is 0 Å². The highest BCUT2D eigenvalue weighted by atomic mass is 79.9. The van der Waals surface area contributed by atoms with E-state index in [0.717, 1.165) is 9.35 Å². The van der Waals surface area contributed by atoms with Gasteiger partial charge in [-0.2, -0.15) is 5.26 Å². The third-order valence-corrected chi connectivity index (χ3v) is 3.17. The van der Waals surface area contributed by atoms with E-state index >= 15 is 0 Å². The first-order valence-electron chi connectivity index (χ1n) is 3.40. The third-order valence-electron chi connectivity index (χ3n) is 1.48. The van der Waals surface area contributed by atoms with E-state index in [2.05, 4.69) is 21.1 Å². The number of halogens is 1. The normalized spacial score (nSPS) is 9.85. The summed E-state index contributed by atoms with van der Waals surface area (Å²) in [6.45, 7) is 0. The molecule has 0 unspecified atom stereocenters. The lowest BCUT2D eigenvalue weighted by atomic mass is 10.2. The number of thiophene rings is 1. The highest BCUT2D eigenvalue weighted by molar-refractivity contribution is 9.10. The Morgan fingerprint density at radius 1 is 1.62 bits per heavy atom. The highest BCUT2D eigenvalue weighted by Gasteiger charge is 2.11. The molecule has 2 rings (SSSR count). The van der Waals surface area contributed by atoms with Crippen LogP contribution >= 0.6 is 27.3 Å². The molecule has 64 valence electrons. The Labute approximate surface area is 86.7 Å². The molecule has 0 aromatic carbocycles. The molecule has 0 atom stereocenters. The molecule has 0 bridgehead atoms. The molecule has 0 saturated heterocycles. The number of rotatable bonds is 1. The molecular formula is C8H3BrN2OS. The lowest BCUT2D eigenvalue weighted by Gasteiger charge is -1.86. The summed E-state index contributed by atoms with van der Waals surface area (Å²) in [5.74, 6) is 0.540. The average molecular weight is 255 g/mol. The van der Waals surface area contributed by atoms with E-state index in [4.69, 9.17) is 9.78 Å². The molecule has 0 aliphatic carbocycles. The van der Waals surface area contributed by atoms with Crippen molar-refractivity contribution in [3.8, 4) is 16.7 Å². The van der Waals surface area contributed by atoms with Crippen LogP contribution in [0.25, 0.3) is 10.6 Å². The number of hydrogen-bond acceptors (Lipinski definition) is 4. The van der Waals surface area contributed by atoms with Gasteiger partial charge in [0.1, 0.15) is 11.6 Å². The summed E-state index contributed by atoms with van der Waals surface area (Å²) in [7, 11) is 0. The highest BCUT2D eigenvalue weighted by Crippen LogP contribution is 2.31. The zero-order valence-corrected chi connectivity index (χ0v) is 8.72. The Morgan fingerprint density at radius 3 is 3.08 bits per heavy atom. The van der Waals surface area contributed by atoms with Crippen LogP contribution in [-0.4, -0.2) is 5.16 Å². The summed E-state index contributed by atoms with van der Waals surface area (Å²) in [5.41, 5.74) is 0.467. The molecular weight excluding hydrogens is 252 g/mol. The van der Waals surface area contributed by atoms with Crippen molar-refractivity contribution in [2.75, 3.05) is 0 Å². The standard InChI is InChI=1S/C8H3BrN2OS/c9-6-1-7(13-4-6)8-5(2-10)3-11-12-8/h1,3-4H. The van der Waals surface area contributed by atoms with Crippen LogP contribution in [0.15, 0.2) is 26.6 Å². The maximum atomic E-state index is 8.72. The fraction of sp³-hybridized carbons (Fsp3) is 0. The Morgan fingerprint density at radius 2 is 2.46 bits per heavy atom. The zero-order valence-electron chi connectivity index (χ0n) is 6.32. The summed E-state index contributed by atoms with van der Waals surface area (Å²) in [4.78, 5) is 0.904. The smallest absolute Gasteiger partial charge is 0.194 e. The van der Waals surface area contributed by atoms with Crippen molar-refractivity contribution < 1.29 is 4.52 Å². The number of hydrogen-bond donors (Lipinski definition) is 0. The van der Waals surface area contributed by atoms with Gasteiger partial charge in [0, 0.05) is 9.85 Å². The fourth-order valence-electron chi connectivity index (χ4n) is 0.929. The van der Waals surface area contributed by atoms with Crippen molar-refractivity contribution in [3.63, 3.8) is 0 Å². The van der Waals surface area contributed by atoms with Crippen molar-refractivity contribution in [3.05, 3.63) is 27.7 Å². The van der Waals surface area contributed by atoms with Crippen LogP contribution in [0.1, 0.15) is 5.56 Å². The minimum absolute atomic E-state index is 0.467. The Balaban J connectivity index is 2.53. The molecule has 2 aromatic heterocycles. The summed E-state index contributed by atoms with van der Waals surface area (Å²) in [6, 6.07) is 3.91. The molecule has 0 aliphatic heterocycles. The Kier molecular flexibility index (Phi) is 2.17. The van der Waals surface area contributed by atoms with Gasteiger partial charge in [-0.05, 0) is 22.0 Å². The van der Waals surface area contributed by atoms with Crippen LogP contribution in [0.2, 0.25) is 0 Å². The SMILES string of the molecule is N#Cc1cnoc1-c1cc(Br)cs1. The second-order valence-corrected chi connectivity index (χ2v) is 4.14. The van der Waals surface area contributed by atoms with E-state index in [0.29, 0.717) is 11.3 Å². The van der Waals surface area contributed by atoms with E-state index < -0.39 is 0 Å². The molecule has 2 aromatic rings. The second-order valence-electron chi connectivity index (χ2n) is 2.31. The molecule has 13 heavy (non-hydrogen) atoms. The van der Waals surface area contributed by atoms with Crippen molar-refractivity contribution >= 4 is 27.3 Å². The lowest BCUT2D eigenvalue weighted by Crippen LogP contribution is -1.71. The van der Waals surface area contributed by atoms with Crippen LogP contribution in [0.5, 0.6) is 0 Å². The van der Waals surface area contributed by atoms with Gasteiger partial charge in [0.05, 0.1) is 11.1 Å². The van der Waals surface area contributed by atoms with Gasteiger partial charge in [0.25, 0.3) is 0 Å². The maximum absolute atomic E-state index is 8.72. The van der Waals surface area contributed by atoms with Crippen molar-refractivity contribution in [2.45, 2.75) is 0 Å². The lowest BCUT2D eigenvalue weighted by molar-refractivity contribution is 0.433. The van der Waals surface area contributed by atoms with Crippen molar-refractivity contribution in [2.24, 2.45) is 0 Å². The largest absolute Gasteiger partial charge is 0.354 e. The first-order chi connectivity index (χ1) is 6.31. The van der Waals surface area contributed by atoms with Crippen LogP contribution in [0.3, 0.4) is 0 Å². The van der Waals surface area contributed by atoms with Crippen molar-refractivity contribution in [1.82, 2.24) is 5.16 Å². The molecule has 0 saturated carbocycles. The number of nitriles is 1. The zero-order chi connectivity index (χ0) is 9.26. The molecule has 2 heterocycles. The van der Waals surface area contributed by atoms with Crippen molar-refractivity contribution in [1.29, 1.82) is 5.26 Å². The van der Waals surface area contributed by atoms with Crippen LogP contribution in [-0.2, 0) is 0 Å². The number of aromatic nitrogens is 1. The van der Waals surface area contributed by atoms with E-state index in [1.54, 1.807) is 0 Å². The quantitative estimate of drug-likeness (QED) is 0.786. The van der Waals surface area contributed by atoms with E-state index in [1.807, 2.05) is 17.5 Å². The predicted molar refractivity (Wildman–Crippen MR) is 52.2 cm³/mol. The first kappa shape index (κ1) is 8.48. The second kappa shape index (κ2) is 3.32. The van der Waals surface area contributed by atoms with Gasteiger partial charge in [-0.1, -0.05) is 5.16 Å². The van der Waals surface area contributed by atoms with Crippen LogP contribution in [0.4, 0.5) is 0 Å². The molecule has 0 radical (unpaired) electrons. The van der Waals surface area contributed by atoms with Gasteiger partial charge >= 0.3 is 0 Å². The van der Waals surface area contributed by atoms with E-state index in [-0.39, 0.29) is 0 Å². The average Bonchev–Trinajstić information content (AvgIpc) is 2.71. The minimum atomic E-state index is 0.467. The Bertz CT molecular complexity index is 468. The number of nitrogens with zero attached hydrogens (tertiary/aromatic N) is 2. The summed E-state index contributed by atoms with van der Waals surface area (Å²) >= 11 is 4.83. The van der Waals surface area contributed by atoms with E-state index in [9.17, 15) is 0 Å². The summed E-state index contributed by atoms with van der Waals surface area (Å²) in [5, 5.41) is 14.2. The van der Waals surface area contributed by atoms with Gasteiger partial charge in [0.15, 0.2) is 5.76 Å². The van der Waals surface area contributed by atoms with Crippen LogP contribution < -0.4 is 0 Å². The Hall–Kier alpha value is -1.12. The maximum Gasteiger partial charge on any atom is 0.194 e. The topological polar surface area (TPSA) is 49.8 Å². The van der Waals surface area contributed by atoms with Gasteiger partial charge < -0.3 is 4.52 Å².